The third kappa shape index (κ3) is 5.10. The van der Waals surface area contributed by atoms with Gasteiger partial charge in [0.2, 0.25) is 5.91 Å². The lowest BCUT2D eigenvalue weighted by molar-refractivity contribution is -0.139. The summed E-state index contributed by atoms with van der Waals surface area (Å²) in [5.74, 6) is 0.0643. The number of pyridine rings is 1. The van der Waals surface area contributed by atoms with Crippen molar-refractivity contribution in [2.24, 2.45) is 0 Å². The Kier molecular flexibility index (Phi) is 6.63. The zero-order chi connectivity index (χ0) is 14.9. The maximum atomic E-state index is 12.5. The summed E-state index contributed by atoms with van der Waals surface area (Å²) in [6.45, 7) is 5.20. The van der Waals surface area contributed by atoms with Crippen molar-refractivity contribution in [3.63, 3.8) is 0 Å². The van der Waals surface area contributed by atoms with Crippen LogP contribution in [0, 0.1) is 0 Å². The van der Waals surface area contributed by atoms with Gasteiger partial charge < -0.3 is 15.0 Å². The lowest BCUT2D eigenvalue weighted by Crippen LogP contribution is -2.42. The molecule has 1 aromatic heterocycles. The first-order chi connectivity index (χ1) is 10.3. The van der Waals surface area contributed by atoms with Crippen LogP contribution < -0.4 is 5.32 Å². The van der Waals surface area contributed by atoms with Crippen LogP contribution in [0.15, 0.2) is 24.4 Å². The van der Waals surface area contributed by atoms with Gasteiger partial charge in [0.15, 0.2) is 0 Å². The normalized spacial score (nSPS) is 19.0. The van der Waals surface area contributed by atoms with Gasteiger partial charge in [-0.25, -0.2) is 0 Å². The molecule has 1 N–H and O–H groups in total. The zero-order valence-corrected chi connectivity index (χ0v) is 12.8. The van der Waals surface area contributed by atoms with Crippen molar-refractivity contribution in [2.45, 2.75) is 38.8 Å². The van der Waals surface area contributed by atoms with Crippen molar-refractivity contribution < 1.29 is 9.53 Å². The number of carbonyl (C=O) groups is 1. The summed E-state index contributed by atoms with van der Waals surface area (Å²) in [4.78, 5) is 18.8. The van der Waals surface area contributed by atoms with Crippen LogP contribution in [0.1, 0.15) is 31.9 Å². The maximum Gasteiger partial charge on any atom is 0.249 e. The molecule has 2 heterocycles. The summed E-state index contributed by atoms with van der Waals surface area (Å²) in [6, 6.07) is 6.10. The molecule has 1 atom stereocenters. The van der Waals surface area contributed by atoms with E-state index >= 15 is 0 Å². The van der Waals surface area contributed by atoms with Crippen molar-refractivity contribution >= 4 is 5.91 Å². The second-order valence-corrected chi connectivity index (χ2v) is 5.31. The van der Waals surface area contributed by atoms with Crippen molar-refractivity contribution in [3.8, 4) is 0 Å². The van der Waals surface area contributed by atoms with Crippen molar-refractivity contribution in [1.29, 1.82) is 0 Å². The molecular formula is C16H25N3O2. The number of hydrogen-bond acceptors (Lipinski definition) is 4. The molecule has 2 rings (SSSR count). The first kappa shape index (κ1) is 15.9. The Morgan fingerprint density at radius 1 is 1.43 bits per heavy atom. The lowest BCUT2D eigenvalue weighted by Gasteiger charge is -2.31. The predicted molar refractivity (Wildman–Crippen MR) is 81.8 cm³/mol. The van der Waals surface area contributed by atoms with Crippen molar-refractivity contribution in [1.82, 2.24) is 15.2 Å². The van der Waals surface area contributed by atoms with Gasteiger partial charge in [0.1, 0.15) is 6.61 Å². The first-order valence-corrected chi connectivity index (χ1v) is 7.79. The highest BCUT2D eigenvalue weighted by Crippen LogP contribution is 2.16. The average Bonchev–Trinajstić information content (AvgIpc) is 2.80. The number of nitrogens with one attached hydrogen (secondary N) is 1. The number of rotatable bonds is 6. The van der Waals surface area contributed by atoms with Gasteiger partial charge in [0, 0.05) is 18.8 Å². The van der Waals surface area contributed by atoms with Crippen LogP contribution in [0.5, 0.6) is 0 Å². The number of nitrogens with zero attached hydrogens (tertiary/aromatic N) is 2. The highest BCUT2D eigenvalue weighted by atomic mass is 16.5. The first-order valence-electron chi connectivity index (χ1n) is 7.79. The molecule has 1 saturated heterocycles. The fraction of sp³-hybridized carbons (Fsp3) is 0.625. The second kappa shape index (κ2) is 8.74. The lowest BCUT2D eigenvalue weighted by atomic mass is 10.1. The number of amides is 1. The van der Waals surface area contributed by atoms with E-state index in [9.17, 15) is 4.79 Å². The van der Waals surface area contributed by atoms with Crippen LogP contribution in [-0.4, -0.2) is 48.1 Å². The van der Waals surface area contributed by atoms with Crippen LogP contribution in [0.2, 0.25) is 0 Å². The summed E-state index contributed by atoms with van der Waals surface area (Å²) in [5, 5.41) is 3.39. The van der Waals surface area contributed by atoms with Crippen molar-refractivity contribution in [2.75, 3.05) is 26.3 Å². The Morgan fingerprint density at radius 2 is 2.33 bits per heavy atom. The molecule has 0 saturated carbocycles. The van der Waals surface area contributed by atoms with E-state index in [2.05, 4.69) is 10.3 Å². The minimum Gasteiger partial charge on any atom is -0.372 e. The molecule has 1 fully saturated rings. The molecule has 1 amide bonds. The standard InChI is InChI=1S/C16H25N3O2/c1-2-21-13-16(20)19(12-14-6-3-4-10-18-14)15-7-5-9-17-11-8-15/h3-4,6,10,15,17H,2,5,7-9,11-13H2,1H3. The highest BCUT2D eigenvalue weighted by Gasteiger charge is 2.24. The Labute approximate surface area is 126 Å². The van der Waals surface area contributed by atoms with Crippen LogP contribution in [0.3, 0.4) is 0 Å². The third-order valence-electron chi connectivity index (χ3n) is 3.79. The van der Waals surface area contributed by atoms with Gasteiger partial charge in [0.25, 0.3) is 0 Å². The largest absolute Gasteiger partial charge is 0.372 e. The predicted octanol–water partition coefficient (Wildman–Crippen LogP) is 1.59. The Hall–Kier alpha value is -1.46. The summed E-state index contributed by atoms with van der Waals surface area (Å²) < 4.78 is 5.31. The number of aromatic nitrogens is 1. The van der Waals surface area contributed by atoms with Crippen LogP contribution in [0.25, 0.3) is 0 Å². The van der Waals surface area contributed by atoms with E-state index in [1.165, 1.54) is 0 Å². The van der Waals surface area contributed by atoms with E-state index in [0.717, 1.165) is 38.0 Å². The summed E-state index contributed by atoms with van der Waals surface area (Å²) in [6.07, 6.45) is 4.91. The van der Waals surface area contributed by atoms with Gasteiger partial charge in [-0.1, -0.05) is 6.07 Å². The van der Waals surface area contributed by atoms with E-state index in [0.29, 0.717) is 13.2 Å². The molecule has 21 heavy (non-hydrogen) atoms. The molecule has 1 aliphatic heterocycles. The molecule has 5 nitrogen and oxygen atoms in total. The van der Waals surface area contributed by atoms with Crippen LogP contribution >= 0.6 is 0 Å². The minimum atomic E-state index is 0.0643. The minimum absolute atomic E-state index is 0.0643. The van der Waals surface area contributed by atoms with Crippen LogP contribution in [0.4, 0.5) is 0 Å². The van der Waals surface area contributed by atoms with Gasteiger partial charge >= 0.3 is 0 Å². The van der Waals surface area contributed by atoms with Gasteiger partial charge in [-0.15, -0.1) is 0 Å². The van der Waals surface area contributed by atoms with E-state index in [4.69, 9.17) is 4.74 Å². The molecule has 1 aliphatic rings. The molecule has 1 aromatic rings. The molecule has 0 aliphatic carbocycles. The molecule has 116 valence electrons. The Balaban J connectivity index is 2.06. The van der Waals surface area contributed by atoms with Gasteiger partial charge in [-0.05, 0) is 51.4 Å². The number of hydrogen-bond donors (Lipinski definition) is 1. The van der Waals surface area contributed by atoms with Crippen LogP contribution in [-0.2, 0) is 16.1 Å². The fourth-order valence-electron chi connectivity index (χ4n) is 2.67. The average molecular weight is 291 g/mol. The van der Waals surface area contributed by atoms with Gasteiger partial charge in [0.05, 0.1) is 12.2 Å². The maximum absolute atomic E-state index is 12.5. The zero-order valence-electron chi connectivity index (χ0n) is 12.8. The Morgan fingerprint density at radius 3 is 3.10 bits per heavy atom. The van der Waals surface area contributed by atoms with E-state index in [1.807, 2.05) is 30.0 Å². The quantitative estimate of drug-likeness (QED) is 0.865. The van der Waals surface area contributed by atoms with Crippen molar-refractivity contribution in [3.05, 3.63) is 30.1 Å². The fourth-order valence-corrected chi connectivity index (χ4v) is 2.67. The number of ether oxygens (including phenoxy) is 1. The molecule has 0 radical (unpaired) electrons. The SMILES string of the molecule is CCOCC(=O)N(Cc1ccccn1)C1CCCNCC1. The molecule has 5 heteroatoms. The summed E-state index contributed by atoms with van der Waals surface area (Å²) >= 11 is 0. The summed E-state index contributed by atoms with van der Waals surface area (Å²) in [5.41, 5.74) is 0.930. The molecule has 0 aromatic carbocycles. The molecule has 0 spiro atoms. The molecule has 1 unspecified atom stereocenters. The molecule has 0 bridgehead atoms. The van der Waals surface area contributed by atoms with Gasteiger partial charge in [-0.3, -0.25) is 9.78 Å². The number of carbonyl (C=O) groups excluding carboxylic acids is 1. The van der Waals surface area contributed by atoms with E-state index in [1.54, 1.807) is 6.20 Å². The third-order valence-corrected chi connectivity index (χ3v) is 3.79. The Bertz CT molecular complexity index is 417. The van der Waals surface area contributed by atoms with Gasteiger partial charge in [-0.2, -0.15) is 0 Å². The highest BCUT2D eigenvalue weighted by molar-refractivity contribution is 5.77. The second-order valence-electron chi connectivity index (χ2n) is 5.31. The molecular weight excluding hydrogens is 266 g/mol. The van der Waals surface area contributed by atoms with E-state index in [-0.39, 0.29) is 18.6 Å². The summed E-state index contributed by atoms with van der Waals surface area (Å²) in [7, 11) is 0. The van der Waals surface area contributed by atoms with E-state index < -0.39 is 0 Å². The monoisotopic (exact) mass is 291 g/mol. The topological polar surface area (TPSA) is 54.5 Å². The smallest absolute Gasteiger partial charge is 0.249 e.